The van der Waals surface area contributed by atoms with Crippen LogP contribution in [-0.4, -0.2) is 31.5 Å². The van der Waals surface area contributed by atoms with Crippen LogP contribution in [0.4, 0.5) is 0 Å². The van der Waals surface area contributed by atoms with E-state index in [1.807, 2.05) is 0 Å². The highest BCUT2D eigenvalue weighted by Gasteiger charge is 2.20. The van der Waals surface area contributed by atoms with E-state index in [2.05, 4.69) is 5.32 Å². The van der Waals surface area contributed by atoms with E-state index in [1.165, 1.54) is 0 Å². The Morgan fingerprint density at radius 3 is 2.80 bits per heavy atom. The zero-order chi connectivity index (χ0) is 10.5. The van der Waals surface area contributed by atoms with Crippen molar-refractivity contribution in [3.63, 3.8) is 0 Å². The van der Waals surface area contributed by atoms with Crippen molar-refractivity contribution in [3.8, 4) is 0 Å². The molecule has 2 heterocycles. The Balaban J connectivity index is 1.70. The van der Waals surface area contributed by atoms with Gasteiger partial charge in [0.25, 0.3) is 0 Å². The smallest absolute Gasteiger partial charge is 0.220 e. The summed E-state index contributed by atoms with van der Waals surface area (Å²) in [5.74, 6) is 0.200. The fourth-order valence-electron chi connectivity index (χ4n) is 2.18. The zero-order valence-electron chi connectivity index (χ0n) is 9.04. The maximum Gasteiger partial charge on any atom is 0.220 e. The highest BCUT2D eigenvalue weighted by molar-refractivity contribution is 5.76. The molecule has 2 aliphatic rings. The van der Waals surface area contributed by atoms with Gasteiger partial charge in [0.05, 0.1) is 13.2 Å². The van der Waals surface area contributed by atoms with E-state index < -0.39 is 0 Å². The average molecular weight is 213 g/mol. The molecule has 0 aromatic heterocycles. The number of carbonyl (C=O) groups excluding carboxylic acids is 1. The van der Waals surface area contributed by atoms with Gasteiger partial charge in [0.2, 0.25) is 5.91 Å². The molecule has 4 nitrogen and oxygen atoms in total. The van der Waals surface area contributed by atoms with E-state index in [0.717, 1.165) is 32.1 Å². The monoisotopic (exact) mass is 213 g/mol. The molecule has 0 aromatic rings. The van der Waals surface area contributed by atoms with Crippen LogP contribution in [0.1, 0.15) is 38.5 Å². The Morgan fingerprint density at radius 2 is 2.00 bits per heavy atom. The summed E-state index contributed by atoms with van der Waals surface area (Å²) in [6, 6.07) is 0.327. The van der Waals surface area contributed by atoms with E-state index in [4.69, 9.17) is 9.47 Å². The lowest BCUT2D eigenvalue weighted by Crippen LogP contribution is -2.33. The van der Waals surface area contributed by atoms with Crippen LogP contribution in [0.5, 0.6) is 0 Å². The van der Waals surface area contributed by atoms with E-state index in [1.54, 1.807) is 0 Å². The van der Waals surface area contributed by atoms with Gasteiger partial charge in [0.15, 0.2) is 6.29 Å². The first kappa shape index (κ1) is 10.9. The van der Waals surface area contributed by atoms with Crippen molar-refractivity contribution in [1.82, 2.24) is 5.32 Å². The van der Waals surface area contributed by atoms with Crippen molar-refractivity contribution in [2.24, 2.45) is 0 Å². The predicted molar refractivity (Wildman–Crippen MR) is 55.3 cm³/mol. The summed E-state index contributed by atoms with van der Waals surface area (Å²) in [4.78, 5) is 11.3. The molecule has 2 aliphatic heterocycles. The molecule has 0 saturated carbocycles. The van der Waals surface area contributed by atoms with Crippen LogP contribution >= 0.6 is 0 Å². The van der Waals surface area contributed by atoms with Crippen LogP contribution < -0.4 is 5.32 Å². The van der Waals surface area contributed by atoms with E-state index >= 15 is 0 Å². The molecule has 4 heteroatoms. The van der Waals surface area contributed by atoms with Crippen LogP contribution in [0.2, 0.25) is 0 Å². The van der Waals surface area contributed by atoms with Crippen LogP contribution in [0.3, 0.4) is 0 Å². The molecule has 0 radical (unpaired) electrons. The summed E-state index contributed by atoms with van der Waals surface area (Å²) >= 11 is 0. The molecule has 1 atom stereocenters. The Labute approximate surface area is 90.3 Å². The third-order valence-corrected chi connectivity index (χ3v) is 3.01. The maximum atomic E-state index is 11.3. The van der Waals surface area contributed by atoms with Gasteiger partial charge in [-0.15, -0.1) is 0 Å². The number of hydrogen-bond donors (Lipinski definition) is 1. The van der Waals surface area contributed by atoms with Gasteiger partial charge in [-0.05, 0) is 19.3 Å². The fraction of sp³-hybridized carbons (Fsp3) is 0.909. The summed E-state index contributed by atoms with van der Waals surface area (Å²) in [7, 11) is 0. The third-order valence-electron chi connectivity index (χ3n) is 3.01. The minimum Gasteiger partial charge on any atom is -0.353 e. The first-order chi connectivity index (χ1) is 7.34. The van der Waals surface area contributed by atoms with E-state index in [-0.39, 0.29) is 12.2 Å². The molecule has 2 saturated heterocycles. The first-order valence-corrected chi connectivity index (χ1v) is 5.87. The molecule has 0 bridgehead atoms. The quantitative estimate of drug-likeness (QED) is 0.766. The van der Waals surface area contributed by atoms with Gasteiger partial charge in [-0.3, -0.25) is 4.79 Å². The standard InChI is InChI=1S/C11H19NO3/c13-10-4-2-1-3-9(12-10)5-6-11-14-7-8-15-11/h9,11H,1-8H2,(H,12,13). The number of amides is 1. The molecule has 1 unspecified atom stereocenters. The minimum absolute atomic E-state index is 0.0369. The highest BCUT2D eigenvalue weighted by atomic mass is 16.7. The summed E-state index contributed by atoms with van der Waals surface area (Å²) in [5.41, 5.74) is 0. The van der Waals surface area contributed by atoms with E-state index in [0.29, 0.717) is 25.7 Å². The Bertz CT molecular complexity index is 214. The van der Waals surface area contributed by atoms with Crippen molar-refractivity contribution in [1.29, 1.82) is 0 Å². The lowest BCUT2D eigenvalue weighted by Gasteiger charge is -2.17. The number of ether oxygens (including phenoxy) is 2. The van der Waals surface area contributed by atoms with Gasteiger partial charge in [-0.1, -0.05) is 6.42 Å². The molecule has 1 amide bonds. The summed E-state index contributed by atoms with van der Waals surface area (Å²) in [6.07, 6.45) is 5.78. The van der Waals surface area contributed by atoms with Crippen LogP contribution in [0.15, 0.2) is 0 Å². The zero-order valence-corrected chi connectivity index (χ0v) is 9.04. The first-order valence-electron chi connectivity index (χ1n) is 5.87. The Kier molecular flexibility index (Phi) is 3.97. The molecule has 0 aromatic carbocycles. The molecule has 15 heavy (non-hydrogen) atoms. The Hall–Kier alpha value is -0.610. The highest BCUT2D eigenvalue weighted by Crippen LogP contribution is 2.17. The number of nitrogens with one attached hydrogen (secondary N) is 1. The lowest BCUT2D eigenvalue weighted by molar-refractivity contribution is -0.121. The van der Waals surface area contributed by atoms with E-state index in [9.17, 15) is 4.79 Å². The summed E-state index contributed by atoms with van der Waals surface area (Å²) < 4.78 is 10.7. The summed E-state index contributed by atoms with van der Waals surface area (Å²) in [5, 5.41) is 3.05. The molecule has 2 rings (SSSR count). The SMILES string of the molecule is O=C1CCCCC(CCC2OCCO2)N1. The minimum atomic E-state index is -0.0369. The Morgan fingerprint density at radius 1 is 1.20 bits per heavy atom. The van der Waals surface area contributed by atoms with Gasteiger partial charge in [0, 0.05) is 18.9 Å². The van der Waals surface area contributed by atoms with Gasteiger partial charge in [0.1, 0.15) is 0 Å². The second-order valence-electron chi connectivity index (χ2n) is 4.26. The van der Waals surface area contributed by atoms with Gasteiger partial charge in [-0.2, -0.15) is 0 Å². The van der Waals surface area contributed by atoms with Gasteiger partial charge in [-0.25, -0.2) is 0 Å². The topological polar surface area (TPSA) is 47.6 Å². The molecule has 86 valence electrons. The molecule has 1 N–H and O–H groups in total. The van der Waals surface area contributed by atoms with Crippen molar-refractivity contribution >= 4 is 5.91 Å². The molecule has 2 fully saturated rings. The van der Waals surface area contributed by atoms with Crippen molar-refractivity contribution in [2.75, 3.05) is 13.2 Å². The van der Waals surface area contributed by atoms with Crippen LogP contribution in [0, 0.1) is 0 Å². The maximum absolute atomic E-state index is 11.3. The molecular formula is C11H19NO3. The second-order valence-corrected chi connectivity index (χ2v) is 4.26. The van der Waals surface area contributed by atoms with Gasteiger partial charge < -0.3 is 14.8 Å². The fourth-order valence-corrected chi connectivity index (χ4v) is 2.18. The van der Waals surface area contributed by atoms with Crippen LogP contribution in [0.25, 0.3) is 0 Å². The van der Waals surface area contributed by atoms with Crippen molar-refractivity contribution < 1.29 is 14.3 Å². The number of rotatable bonds is 3. The average Bonchev–Trinajstić information content (AvgIpc) is 2.65. The van der Waals surface area contributed by atoms with Gasteiger partial charge >= 0.3 is 0 Å². The summed E-state index contributed by atoms with van der Waals surface area (Å²) in [6.45, 7) is 1.42. The van der Waals surface area contributed by atoms with Crippen LogP contribution in [-0.2, 0) is 14.3 Å². The normalized spacial score (nSPS) is 28.8. The second kappa shape index (κ2) is 5.47. The lowest BCUT2D eigenvalue weighted by atomic mass is 10.1. The molecular weight excluding hydrogens is 194 g/mol. The third kappa shape index (κ3) is 3.47. The largest absolute Gasteiger partial charge is 0.353 e. The van der Waals surface area contributed by atoms with Crippen molar-refractivity contribution in [3.05, 3.63) is 0 Å². The molecule has 0 spiro atoms. The molecule has 0 aliphatic carbocycles. The number of hydrogen-bond acceptors (Lipinski definition) is 3. The van der Waals surface area contributed by atoms with Crippen molar-refractivity contribution in [2.45, 2.75) is 50.9 Å². The predicted octanol–water partition coefficient (Wildman–Crippen LogP) is 1.20. The number of carbonyl (C=O) groups is 1.